The van der Waals surface area contributed by atoms with Gasteiger partial charge >= 0.3 is 6.36 Å². The number of alkyl halides is 3. The van der Waals surface area contributed by atoms with Crippen molar-refractivity contribution >= 4 is 16.7 Å². The summed E-state index contributed by atoms with van der Waals surface area (Å²) in [5.74, 6) is -0.537. The molecule has 0 radical (unpaired) electrons. The van der Waals surface area contributed by atoms with Crippen LogP contribution in [0.5, 0.6) is 5.75 Å². The van der Waals surface area contributed by atoms with E-state index in [2.05, 4.69) is 20.0 Å². The van der Waals surface area contributed by atoms with E-state index >= 15 is 0 Å². The summed E-state index contributed by atoms with van der Waals surface area (Å²) in [5, 5.41) is 3.13. The maximum atomic E-state index is 14.0. The third-order valence-corrected chi connectivity index (χ3v) is 3.20. The minimum atomic E-state index is -4.75. The van der Waals surface area contributed by atoms with Crippen LogP contribution in [0.1, 0.15) is 5.56 Å². The first kappa shape index (κ1) is 16.0. The first-order chi connectivity index (χ1) is 11.4. The molecule has 2 aromatic carbocycles. The maximum Gasteiger partial charge on any atom is 0.573 e. The number of anilines is 1. The number of hydrogen-bond acceptors (Lipinski definition) is 4. The van der Waals surface area contributed by atoms with Gasteiger partial charge in [0.15, 0.2) is 0 Å². The van der Waals surface area contributed by atoms with E-state index in [4.69, 9.17) is 0 Å². The topological polar surface area (TPSA) is 47.0 Å². The van der Waals surface area contributed by atoms with E-state index in [0.717, 1.165) is 0 Å². The Bertz CT molecular complexity index is 862. The molecule has 1 heterocycles. The molecule has 0 amide bonds. The van der Waals surface area contributed by atoms with Gasteiger partial charge in [0, 0.05) is 6.54 Å². The van der Waals surface area contributed by atoms with Gasteiger partial charge in [-0.25, -0.2) is 14.4 Å². The average molecular weight is 337 g/mol. The molecule has 3 aromatic rings. The largest absolute Gasteiger partial charge is 0.573 e. The summed E-state index contributed by atoms with van der Waals surface area (Å²) in [4.78, 5) is 7.97. The fourth-order valence-electron chi connectivity index (χ4n) is 2.24. The van der Waals surface area contributed by atoms with Gasteiger partial charge in [0.2, 0.25) is 0 Å². The van der Waals surface area contributed by atoms with Gasteiger partial charge in [-0.15, -0.1) is 13.2 Å². The standard InChI is InChI=1S/C16H11F4N3O/c17-12-5-2-6-13-14(12)15(23-9-22-13)21-8-10-3-1-4-11(7-10)24-16(18,19)20/h1-7,9H,8H2,(H,21,22,23). The molecule has 0 aliphatic carbocycles. The van der Waals surface area contributed by atoms with Crippen LogP contribution in [0.15, 0.2) is 48.8 Å². The van der Waals surface area contributed by atoms with Gasteiger partial charge in [0.25, 0.3) is 0 Å². The van der Waals surface area contributed by atoms with Crippen molar-refractivity contribution in [2.75, 3.05) is 5.32 Å². The lowest BCUT2D eigenvalue weighted by molar-refractivity contribution is -0.274. The van der Waals surface area contributed by atoms with Gasteiger partial charge in [-0.05, 0) is 29.8 Å². The summed E-state index contributed by atoms with van der Waals surface area (Å²) in [6, 6.07) is 9.98. The van der Waals surface area contributed by atoms with Gasteiger partial charge in [-0.3, -0.25) is 0 Å². The molecule has 24 heavy (non-hydrogen) atoms. The number of ether oxygens (including phenoxy) is 1. The van der Waals surface area contributed by atoms with Crippen LogP contribution in [-0.2, 0) is 6.54 Å². The number of aromatic nitrogens is 2. The van der Waals surface area contributed by atoms with Crippen molar-refractivity contribution in [3.05, 3.63) is 60.2 Å². The lowest BCUT2D eigenvalue weighted by Crippen LogP contribution is -2.17. The van der Waals surface area contributed by atoms with Crippen LogP contribution in [0.25, 0.3) is 10.9 Å². The molecule has 1 aromatic heterocycles. The third kappa shape index (κ3) is 3.70. The molecule has 0 saturated heterocycles. The Kier molecular flexibility index (Phi) is 4.20. The second-order valence-corrected chi connectivity index (χ2v) is 4.90. The summed E-state index contributed by atoms with van der Waals surface area (Å²) in [7, 11) is 0. The summed E-state index contributed by atoms with van der Waals surface area (Å²) < 4.78 is 54.6. The van der Waals surface area contributed by atoms with E-state index in [1.54, 1.807) is 12.1 Å². The Morgan fingerprint density at radius 1 is 1.04 bits per heavy atom. The highest BCUT2D eigenvalue weighted by Crippen LogP contribution is 2.25. The lowest BCUT2D eigenvalue weighted by Gasteiger charge is -2.11. The van der Waals surface area contributed by atoms with Crippen molar-refractivity contribution < 1.29 is 22.3 Å². The highest BCUT2D eigenvalue weighted by Gasteiger charge is 2.31. The van der Waals surface area contributed by atoms with Crippen LogP contribution < -0.4 is 10.1 Å². The minimum Gasteiger partial charge on any atom is -0.406 e. The molecule has 1 N–H and O–H groups in total. The Morgan fingerprint density at radius 2 is 1.83 bits per heavy atom. The van der Waals surface area contributed by atoms with Crippen molar-refractivity contribution in [2.24, 2.45) is 0 Å². The van der Waals surface area contributed by atoms with E-state index in [-0.39, 0.29) is 23.5 Å². The minimum absolute atomic E-state index is 0.148. The summed E-state index contributed by atoms with van der Waals surface area (Å²) in [5.41, 5.74) is 0.960. The molecule has 0 aliphatic rings. The van der Waals surface area contributed by atoms with Crippen LogP contribution >= 0.6 is 0 Å². The molecular formula is C16H11F4N3O. The number of halogens is 4. The predicted molar refractivity (Wildman–Crippen MR) is 79.9 cm³/mol. The second kappa shape index (κ2) is 6.31. The number of benzene rings is 2. The molecule has 124 valence electrons. The SMILES string of the molecule is Fc1cccc2ncnc(NCc3cccc(OC(F)(F)F)c3)c12. The van der Waals surface area contributed by atoms with E-state index < -0.39 is 12.2 Å². The third-order valence-electron chi connectivity index (χ3n) is 3.20. The fraction of sp³-hybridized carbons (Fsp3) is 0.125. The van der Waals surface area contributed by atoms with Gasteiger partial charge in [-0.2, -0.15) is 0 Å². The predicted octanol–water partition coefficient (Wildman–Crippen LogP) is 4.28. The summed E-state index contributed by atoms with van der Waals surface area (Å²) >= 11 is 0. The molecule has 0 unspecified atom stereocenters. The Balaban J connectivity index is 1.81. The fourth-order valence-corrected chi connectivity index (χ4v) is 2.24. The molecule has 4 nitrogen and oxygen atoms in total. The van der Waals surface area contributed by atoms with Crippen LogP contribution in [0.4, 0.5) is 23.4 Å². The number of nitrogens with zero attached hydrogens (tertiary/aromatic N) is 2. The lowest BCUT2D eigenvalue weighted by atomic mass is 10.2. The smallest absolute Gasteiger partial charge is 0.406 e. The highest BCUT2D eigenvalue weighted by molar-refractivity contribution is 5.89. The van der Waals surface area contributed by atoms with Crippen molar-refractivity contribution in [1.29, 1.82) is 0 Å². The zero-order valence-corrected chi connectivity index (χ0v) is 12.1. The Morgan fingerprint density at radius 3 is 2.62 bits per heavy atom. The highest BCUT2D eigenvalue weighted by atomic mass is 19.4. The van der Waals surface area contributed by atoms with Crippen molar-refractivity contribution in [2.45, 2.75) is 12.9 Å². The normalized spacial score (nSPS) is 11.5. The van der Waals surface area contributed by atoms with Crippen molar-refractivity contribution in [1.82, 2.24) is 9.97 Å². The molecular weight excluding hydrogens is 326 g/mol. The molecule has 0 bridgehead atoms. The van der Waals surface area contributed by atoms with Gasteiger partial charge in [0.05, 0.1) is 10.9 Å². The van der Waals surface area contributed by atoms with Gasteiger partial charge in [-0.1, -0.05) is 18.2 Å². The van der Waals surface area contributed by atoms with E-state index in [1.165, 1.54) is 36.7 Å². The molecule has 0 aliphatic heterocycles. The molecule has 0 atom stereocenters. The Labute approximate surface area is 134 Å². The van der Waals surface area contributed by atoms with E-state index in [0.29, 0.717) is 11.1 Å². The first-order valence-corrected chi connectivity index (χ1v) is 6.90. The Hall–Kier alpha value is -2.90. The number of fused-ring (bicyclic) bond motifs is 1. The van der Waals surface area contributed by atoms with E-state index in [1.807, 2.05) is 0 Å². The zero-order valence-electron chi connectivity index (χ0n) is 12.1. The monoisotopic (exact) mass is 337 g/mol. The summed E-state index contributed by atoms with van der Waals surface area (Å²) in [6.45, 7) is 0.148. The quantitative estimate of drug-likeness (QED) is 0.722. The molecule has 0 fully saturated rings. The van der Waals surface area contributed by atoms with Crippen LogP contribution in [0.2, 0.25) is 0 Å². The van der Waals surface area contributed by atoms with Crippen molar-refractivity contribution in [3.8, 4) is 5.75 Å². The van der Waals surface area contributed by atoms with Crippen molar-refractivity contribution in [3.63, 3.8) is 0 Å². The van der Waals surface area contributed by atoms with Crippen LogP contribution in [-0.4, -0.2) is 16.3 Å². The second-order valence-electron chi connectivity index (χ2n) is 4.90. The van der Waals surface area contributed by atoms with E-state index in [9.17, 15) is 17.6 Å². The first-order valence-electron chi connectivity index (χ1n) is 6.90. The number of hydrogen-bond donors (Lipinski definition) is 1. The molecule has 3 rings (SSSR count). The summed E-state index contributed by atoms with van der Waals surface area (Å²) in [6.07, 6.45) is -3.47. The molecule has 8 heteroatoms. The number of nitrogens with one attached hydrogen (secondary N) is 1. The molecule has 0 spiro atoms. The zero-order chi connectivity index (χ0) is 17.2. The number of rotatable bonds is 4. The maximum absolute atomic E-state index is 14.0. The van der Waals surface area contributed by atoms with Gasteiger partial charge in [0.1, 0.15) is 23.7 Å². The van der Waals surface area contributed by atoms with Crippen LogP contribution in [0.3, 0.4) is 0 Å². The van der Waals surface area contributed by atoms with Crippen LogP contribution in [0, 0.1) is 5.82 Å². The van der Waals surface area contributed by atoms with Gasteiger partial charge < -0.3 is 10.1 Å². The molecule has 0 saturated carbocycles. The average Bonchev–Trinajstić information content (AvgIpc) is 2.52.